The highest BCUT2D eigenvalue weighted by Crippen LogP contribution is 2.32. The predicted octanol–water partition coefficient (Wildman–Crippen LogP) is 4.26. The molecule has 0 aliphatic heterocycles. The normalized spacial score (nSPS) is 18.6. The first-order valence-electron chi connectivity index (χ1n) is 12.7. The molecule has 3 heterocycles. The number of aromatic nitrogens is 5. The largest absolute Gasteiger partial charge is 0.339 e. The van der Waals surface area contributed by atoms with Crippen molar-refractivity contribution in [3.05, 3.63) is 47.4 Å². The van der Waals surface area contributed by atoms with Gasteiger partial charge in [-0.15, -0.1) is 0 Å². The van der Waals surface area contributed by atoms with Gasteiger partial charge in [-0.05, 0) is 63.1 Å². The number of aromatic amines is 1. The van der Waals surface area contributed by atoms with Gasteiger partial charge >= 0.3 is 0 Å². The second-order valence-corrected chi connectivity index (χ2v) is 9.54. The number of aryl methyl sites for hydroxylation is 3. The fourth-order valence-electron chi connectivity index (χ4n) is 5.00. The Hall–Kier alpha value is -3.56. The van der Waals surface area contributed by atoms with Crippen LogP contribution in [0.3, 0.4) is 0 Å². The van der Waals surface area contributed by atoms with E-state index in [1.165, 1.54) is 0 Å². The lowest BCUT2D eigenvalue weighted by Crippen LogP contribution is -2.49. The van der Waals surface area contributed by atoms with E-state index in [-0.39, 0.29) is 17.6 Å². The Bertz CT molecular complexity index is 1230. The Morgan fingerprint density at radius 1 is 1.19 bits per heavy atom. The number of carbonyl (C=O) groups excluding carboxylic acids is 2. The second kappa shape index (κ2) is 11.0. The van der Waals surface area contributed by atoms with Crippen LogP contribution in [-0.2, 0) is 17.8 Å². The van der Waals surface area contributed by atoms with Crippen molar-refractivity contribution in [2.75, 3.05) is 5.32 Å². The van der Waals surface area contributed by atoms with Crippen LogP contribution >= 0.6 is 0 Å². The van der Waals surface area contributed by atoms with Crippen molar-refractivity contribution >= 4 is 17.6 Å². The minimum Gasteiger partial charge on any atom is -0.339 e. The van der Waals surface area contributed by atoms with Crippen LogP contribution in [0.15, 0.2) is 24.4 Å². The van der Waals surface area contributed by atoms with Gasteiger partial charge in [-0.25, -0.2) is 4.98 Å². The van der Waals surface area contributed by atoms with E-state index in [0.29, 0.717) is 41.4 Å². The zero-order valence-corrected chi connectivity index (χ0v) is 21.3. The highest BCUT2D eigenvalue weighted by Gasteiger charge is 2.33. The SMILES string of the molecule is CCc1[nH]nc(C)c1-c1ccc(NC(=O)[C@@H](NC(=O)c2ccnn2CC)[C@H]2CC[C@H](C)CC2)nc1F. The van der Waals surface area contributed by atoms with Crippen molar-refractivity contribution in [2.24, 2.45) is 11.8 Å². The molecule has 3 aromatic rings. The molecule has 3 aromatic heterocycles. The maximum absolute atomic E-state index is 15.1. The van der Waals surface area contributed by atoms with E-state index in [4.69, 9.17) is 0 Å². The van der Waals surface area contributed by atoms with Gasteiger partial charge in [-0.2, -0.15) is 14.6 Å². The lowest BCUT2D eigenvalue weighted by molar-refractivity contribution is -0.119. The van der Waals surface area contributed by atoms with Gasteiger partial charge in [0.1, 0.15) is 17.6 Å². The van der Waals surface area contributed by atoms with Gasteiger partial charge in [0.25, 0.3) is 5.91 Å². The molecule has 9 nitrogen and oxygen atoms in total. The molecule has 3 N–H and O–H groups in total. The van der Waals surface area contributed by atoms with E-state index >= 15 is 4.39 Å². The molecule has 0 bridgehead atoms. The first kappa shape index (κ1) is 25.5. The topological polar surface area (TPSA) is 118 Å². The Balaban J connectivity index is 1.55. The van der Waals surface area contributed by atoms with Gasteiger partial charge in [0, 0.05) is 29.6 Å². The smallest absolute Gasteiger partial charge is 0.270 e. The van der Waals surface area contributed by atoms with Crippen molar-refractivity contribution in [1.29, 1.82) is 0 Å². The molecule has 1 aliphatic carbocycles. The third-order valence-electron chi connectivity index (χ3n) is 7.09. The summed E-state index contributed by atoms with van der Waals surface area (Å²) >= 11 is 0. The summed E-state index contributed by atoms with van der Waals surface area (Å²) < 4.78 is 16.6. The van der Waals surface area contributed by atoms with E-state index in [9.17, 15) is 9.59 Å². The molecule has 4 rings (SSSR count). The Morgan fingerprint density at radius 2 is 1.94 bits per heavy atom. The van der Waals surface area contributed by atoms with Crippen LogP contribution in [0.1, 0.15) is 68.3 Å². The number of carbonyl (C=O) groups is 2. The summed E-state index contributed by atoms with van der Waals surface area (Å²) in [5.74, 6) is -0.782. The van der Waals surface area contributed by atoms with Crippen molar-refractivity contribution in [2.45, 2.75) is 72.4 Å². The number of hydrogen-bond donors (Lipinski definition) is 3. The van der Waals surface area contributed by atoms with Gasteiger partial charge in [-0.3, -0.25) is 19.4 Å². The maximum Gasteiger partial charge on any atom is 0.270 e. The van der Waals surface area contributed by atoms with Crippen LogP contribution in [0.4, 0.5) is 10.2 Å². The molecule has 0 unspecified atom stereocenters. The molecule has 192 valence electrons. The first-order chi connectivity index (χ1) is 17.3. The molecule has 0 spiro atoms. The number of amides is 2. The van der Waals surface area contributed by atoms with Crippen LogP contribution in [0.2, 0.25) is 0 Å². The minimum absolute atomic E-state index is 0.0204. The molecule has 0 radical (unpaired) electrons. The number of hydrogen-bond acceptors (Lipinski definition) is 5. The fourth-order valence-corrected chi connectivity index (χ4v) is 5.00. The van der Waals surface area contributed by atoms with Gasteiger partial charge in [0.2, 0.25) is 11.9 Å². The zero-order valence-electron chi connectivity index (χ0n) is 21.3. The average Bonchev–Trinajstić information content (AvgIpc) is 3.49. The number of nitrogens with zero attached hydrogens (tertiary/aromatic N) is 4. The van der Waals surface area contributed by atoms with Crippen molar-refractivity contribution in [3.63, 3.8) is 0 Å². The van der Waals surface area contributed by atoms with Crippen molar-refractivity contribution in [3.8, 4) is 11.1 Å². The summed E-state index contributed by atoms with van der Waals surface area (Å²) in [7, 11) is 0. The molecular formula is C26H34FN7O2. The highest BCUT2D eigenvalue weighted by atomic mass is 19.1. The lowest BCUT2D eigenvalue weighted by atomic mass is 9.79. The van der Waals surface area contributed by atoms with Crippen LogP contribution in [0, 0.1) is 24.7 Å². The van der Waals surface area contributed by atoms with E-state index < -0.39 is 17.9 Å². The second-order valence-electron chi connectivity index (χ2n) is 9.54. The average molecular weight is 496 g/mol. The van der Waals surface area contributed by atoms with Crippen LogP contribution < -0.4 is 10.6 Å². The monoisotopic (exact) mass is 495 g/mol. The molecule has 1 saturated carbocycles. The van der Waals surface area contributed by atoms with E-state index in [1.807, 2.05) is 20.8 Å². The van der Waals surface area contributed by atoms with Crippen LogP contribution in [-0.4, -0.2) is 42.8 Å². The molecule has 1 aliphatic rings. The molecule has 0 saturated heterocycles. The number of nitrogens with one attached hydrogen (secondary N) is 3. The van der Waals surface area contributed by atoms with E-state index in [0.717, 1.165) is 31.4 Å². The number of anilines is 1. The third-order valence-corrected chi connectivity index (χ3v) is 7.09. The van der Waals surface area contributed by atoms with Gasteiger partial charge < -0.3 is 10.6 Å². The maximum atomic E-state index is 15.1. The van der Waals surface area contributed by atoms with Crippen LogP contribution in [0.5, 0.6) is 0 Å². The van der Waals surface area contributed by atoms with Gasteiger partial charge in [0.15, 0.2) is 0 Å². The summed E-state index contributed by atoms with van der Waals surface area (Å²) in [5.41, 5.74) is 2.93. The summed E-state index contributed by atoms with van der Waals surface area (Å²) in [4.78, 5) is 30.5. The molecule has 1 fully saturated rings. The molecule has 10 heteroatoms. The predicted molar refractivity (Wildman–Crippen MR) is 135 cm³/mol. The Morgan fingerprint density at radius 3 is 2.61 bits per heavy atom. The Kier molecular flexibility index (Phi) is 7.81. The Labute approximate surface area is 210 Å². The number of H-pyrrole nitrogens is 1. The third kappa shape index (κ3) is 5.32. The summed E-state index contributed by atoms with van der Waals surface area (Å²) in [5, 5.41) is 16.9. The molecular weight excluding hydrogens is 461 g/mol. The summed E-state index contributed by atoms with van der Waals surface area (Å²) in [6, 6.07) is 4.05. The lowest BCUT2D eigenvalue weighted by Gasteiger charge is -2.32. The number of pyridine rings is 1. The number of rotatable bonds is 8. The quantitative estimate of drug-likeness (QED) is 0.404. The van der Waals surface area contributed by atoms with Crippen molar-refractivity contribution in [1.82, 2.24) is 30.3 Å². The van der Waals surface area contributed by atoms with E-state index in [1.54, 1.807) is 29.1 Å². The standard InChI is InChI=1S/C26H34FN7O2/c1-5-19-22(16(4)32-33-19)18-11-12-21(29-24(18)27)30-26(36)23(17-9-7-15(3)8-10-17)31-25(35)20-13-14-28-34(20)6-2/h11-15,17,23H,5-10H2,1-4H3,(H,31,35)(H,32,33)(H,29,30,36)/t15-,17-,23-/m0/s1. The van der Waals surface area contributed by atoms with Gasteiger partial charge in [-0.1, -0.05) is 26.7 Å². The molecule has 2 amide bonds. The van der Waals surface area contributed by atoms with E-state index in [2.05, 4.69) is 37.8 Å². The van der Waals surface area contributed by atoms with Crippen molar-refractivity contribution < 1.29 is 14.0 Å². The zero-order chi connectivity index (χ0) is 25.8. The number of halogens is 1. The summed E-state index contributed by atoms with van der Waals surface area (Å²) in [6.07, 6.45) is 5.87. The summed E-state index contributed by atoms with van der Waals surface area (Å²) in [6.45, 7) is 8.41. The van der Waals surface area contributed by atoms with Crippen LogP contribution in [0.25, 0.3) is 11.1 Å². The minimum atomic E-state index is -0.766. The molecule has 0 aromatic carbocycles. The fraction of sp³-hybridized carbons (Fsp3) is 0.500. The molecule has 36 heavy (non-hydrogen) atoms. The highest BCUT2D eigenvalue weighted by molar-refractivity contribution is 6.00. The van der Waals surface area contributed by atoms with Gasteiger partial charge in [0.05, 0.1) is 5.69 Å². The molecule has 1 atom stereocenters. The first-order valence-corrected chi connectivity index (χ1v) is 12.7.